The molecular weight excluding hydrogens is 233 g/mol. The van der Waals surface area contributed by atoms with Crippen molar-refractivity contribution >= 4 is 11.9 Å². The Hall–Kier alpha value is 1.86. The second kappa shape index (κ2) is 15.9. The Morgan fingerprint density at radius 3 is 2.00 bits per heavy atom. The van der Waals surface area contributed by atoms with Crippen molar-refractivity contribution in [3.63, 3.8) is 0 Å². The van der Waals surface area contributed by atoms with Gasteiger partial charge in [-0.3, -0.25) is 9.59 Å². The number of carboxylic acids is 2. The second-order valence-electron chi connectivity index (χ2n) is 2.23. The summed E-state index contributed by atoms with van der Waals surface area (Å²) in [5, 5.41) is 19.3. The normalized spacial score (nSPS) is 9.93. The number of nitrogens with one attached hydrogen (secondary N) is 1. The molecule has 76 valence electrons. The van der Waals surface area contributed by atoms with Gasteiger partial charge in [-0.15, -0.1) is 0 Å². The maximum Gasteiger partial charge on any atom is 1.00 e. The summed E-state index contributed by atoms with van der Waals surface area (Å²) in [6.45, 7) is 0.577. The van der Waals surface area contributed by atoms with Crippen LogP contribution < -0.4 is 99.7 Å². The Kier molecular flexibility index (Phi) is 27.1. The second-order valence-corrected chi connectivity index (χ2v) is 2.23. The van der Waals surface area contributed by atoms with Gasteiger partial charge >= 0.3 is 101 Å². The molecule has 5 N–H and O–H groups in total. The maximum absolute atomic E-state index is 10.4. The van der Waals surface area contributed by atoms with E-state index in [9.17, 15) is 9.59 Å². The molecule has 0 aliphatic carbocycles. The molecule has 1 unspecified atom stereocenters. The van der Waals surface area contributed by atoms with E-state index in [1.165, 1.54) is 0 Å². The minimum atomic E-state index is -1.18. The van der Waals surface area contributed by atoms with Crippen LogP contribution in [-0.4, -0.2) is 41.3 Å². The number of carbonyl (C=O) groups is 2. The van der Waals surface area contributed by atoms with E-state index in [2.05, 4.69) is 5.32 Å². The number of aliphatic carboxylic acids is 2. The van der Waals surface area contributed by atoms with Gasteiger partial charge in [-0.2, -0.15) is 0 Å². The predicted molar refractivity (Wildman–Crippen MR) is 44.1 cm³/mol. The van der Waals surface area contributed by atoms with Gasteiger partial charge in [-0.05, 0) is 0 Å². The molecule has 0 saturated carbocycles. The van der Waals surface area contributed by atoms with Crippen LogP contribution >= 0.6 is 0 Å². The van der Waals surface area contributed by atoms with Crippen molar-refractivity contribution in [2.75, 3.05) is 13.1 Å². The first-order valence-corrected chi connectivity index (χ1v) is 3.46. The first-order chi connectivity index (χ1) is 5.57. The molecule has 0 saturated heterocycles. The minimum Gasteiger partial charge on any atom is -1.00 e. The molecule has 0 amide bonds. The third-order valence-corrected chi connectivity index (χ3v) is 1.21. The van der Waals surface area contributed by atoms with E-state index >= 15 is 0 Å². The third kappa shape index (κ3) is 15.9. The van der Waals surface area contributed by atoms with Crippen molar-refractivity contribution in [1.82, 2.24) is 5.32 Å². The fourth-order valence-electron chi connectivity index (χ4n) is 0.679. The standard InChI is InChI=1S/C6H12N2O4.3Na.3H/c7-1-2-8-4(6(11)12)3-5(9)10;;;;;;/h4,8H,1-3,7H2,(H,9,10)(H,11,12);;;;;;/q;3*+1;3*-1. The fourth-order valence-corrected chi connectivity index (χ4v) is 0.679. The van der Waals surface area contributed by atoms with Crippen molar-refractivity contribution in [3.8, 4) is 0 Å². The van der Waals surface area contributed by atoms with E-state index in [0.29, 0.717) is 6.54 Å². The first-order valence-electron chi connectivity index (χ1n) is 3.46. The van der Waals surface area contributed by atoms with E-state index in [1.807, 2.05) is 0 Å². The van der Waals surface area contributed by atoms with Crippen molar-refractivity contribution < 1.29 is 113 Å². The van der Waals surface area contributed by atoms with Gasteiger partial charge in [0.15, 0.2) is 0 Å². The molecular formula is C6H15N2Na3O4. The Morgan fingerprint density at radius 1 is 1.27 bits per heavy atom. The van der Waals surface area contributed by atoms with Crippen LogP contribution in [-0.2, 0) is 9.59 Å². The molecule has 0 aromatic carbocycles. The molecule has 15 heavy (non-hydrogen) atoms. The van der Waals surface area contributed by atoms with Crippen LogP contribution in [0.4, 0.5) is 0 Å². The molecule has 0 radical (unpaired) electrons. The smallest absolute Gasteiger partial charge is 1.00 e. The van der Waals surface area contributed by atoms with Gasteiger partial charge in [0.05, 0.1) is 6.42 Å². The van der Waals surface area contributed by atoms with E-state index in [1.54, 1.807) is 0 Å². The Labute approximate surface area is 159 Å². The Bertz CT molecular complexity index is 193. The average molecular weight is 248 g/mol. The molecule has 0 aromatic heterocycles. The van der Waals surface area contributed by atoms with Crippen LogP contribution in [0.25, 0.3) is 0 Å². The van der Waals surface area contributed by atoms with E-state index in [-0.39, 0.29) is 99.5 Å². The molecule has 9 heteroatoms. The van der Waals surface area contributed by atoms with Gasteiger partial charge in [0.2, 0.25) is 0 Å². The summed E-state index contributed by atoms with van der Waals surface area (Å²) >= 11 is 0. The van der Waals surface area contributed by atoms with Gasteiger partial charge in [0, 0.05) is 13.1 Å². The maximum atomic E-state index is 10.4. The minimum absolute atomic E-state index is 0. The molecule has 6 nitrogen and oxygen atoms in total. The zero-order valence-electron chi connectivity index (χ0n) is 12.5. The SMILES string of the molecule is NCCNC(CC(=O)O)C(=O)O.[H-].[H-].[H-].[Na+].[Na+].[Na+]. The fraction of sp³-hybridized carbons (Fsp3) is 0.667. The van der Waals surface area contributed by atoms with E-state index < -0.39 is 24.4 Å². The molecule has 1 atom stereocenters. The number of hydrogen-bond donors (Lipinski definition) is 4. The van der Waals surface area contributed by atoms with Gasteiger partial charge in [-0.25, -0.2) is 0 Å². The topological polar surface area (TPSA) is 113 Å². The van der Waals surface area contributed by atoms with Gasteiger partial charge < -0.3 is 25.5 Å². The molecule has 0 aliphatic heterocycles. The zero-order valence-corrected chi connectivity index (χ0v) is 15.5. The quantitative estimate of drug-likeness (QED) is 0.347. The summed E-state index contributed by atoms with van der Waals surface area (Å²) in [6, 6.07) is -1.05. The van der Waals surface area contributed by atoms with Crippen LogP contribution in [0.15, 0.2) is 0 Å². The number of hydrogen-bond acceptors (Lipinski definition) is 4. The van der Waals surface area contributed by atoms with Gasteiger partial charge in [0.1, 0.15) is 6.04 Å². The summed E-state index contributed by atoms with van der Waals surface area (Å²) in [5.41, 5.74) is 5.10. The van der Waals surface area contributed by atoms with Crippen LogP contribution in [0.5, 0.6) is 0 Å². The van der Waals surface area contributed by atoms with Gasteiger partial charge in [0.25, 0.3) is 0 Å². The van der Waals surface area contributed by atoms with Crippen LogP contribution in [0.1, 0.15) is 10.7 Å². The van der Waals surface area contributed by atoms with Crippen molar-refractivity contribution in [1.29, 1.82) is 0 Å². The van der Waals surface area contributed by atoms with Crippen LogP contribution in [0, 0.1) is 0 Å². The number of rotatable bonds is 6. The molecule has 0 heterocycles. The van der Waals surface area contributed by atoms with E-state index in [0.717, 1.165) is 0 Å². The van der Waals surface area contributed by atoms with Crippen molar-refractivity contribution in [2.45, 2.75) is 12.5 Å². The number of carboxylic acid groups (broad SMARTS) is 2. The van der Waals surface area contributed by atoms with Gasteiger partial charge in [-0.1, -0.05) is 0 Å². The van der Waals surface area contributed by atoms with Crippen molar-refractivity contribution in [3.05, 3.63) is 0 Å². The Morgan fingerprint density at radius 2 is 1.73 bits per heavy atom. The third-order valence-electron chi connectivity index (χ3n) is 1.21. The summed E-state index contributed by atoms with van der Waals surface area (Å²) < 4.78 is 0. The first kappa shape index (κ1) is 25.6. The monoisotopic (exact) mass is 248 g/mol. The molecule has 0 spiro atoms. The predicted octanol–water partition coefficient (Wildman–Crippen LogP) is -10.2. The molecule has 0 rings (SSSR count). The van der Waals surface area contributed by atoms with E-state index in [4.69, 9.17) is 15.9 Å². The molecule has 0 aromatic rings. The molecule has 0 bridgehead atoms. The largest absolute Gasteiger partial charge is 1.00 e. The summed E-state index contributed by atoms with van der Waals surface area (Å²) in [7, 11) is 0. The summed E-state index contributed by atoms with van der Waals surface area (Å²) in [5.74, 6) is -2.32. The van der Waals surface area contributed by atoms with Crippen molar-refractivity contribution in [2.24, 2.45) is 5.73 Å². The number of nitrogens with two attached hydrogens (primary N) is 1. The van der Waals surface area contributed by atoms with Crippen LogP contribution in [0.2, 0.25) is 0 Å². The van der Waals surface area contributed by atoms with Crippen LogP contribution in [0.3, 0.4) is 0 Å². The average Bonchev–Trinajstić information content (AvgIpc) is 1.96. The summed E-state index contributed by atoms with van der Waals surface area (Å²) in [4.78, 5) is 20.5. The Balaban J connectivity index is -0.0000000403. The molecule has 0 aliphatic rings. The summed E-state index contributed by atoms with van der Waals surface area (Å²) in [6.07, 6.45) is -0.435. The zero-order chi connectivity index (χ0) is 9.56. The molecule has 0 fully saturated rings.